The van der Waals surface area contributed by atoms with E-state index >= 15 is 0 Å². The summed E-state index contributed by atoms with van der Waals surface area (Å²) in [6, 6.07) is 6.92. The lowest BCUT2D eigenvalue weighted by molar-refractivity contribution is 0.0937. The summed E-state index contributed by atoms with van der Waals surface area (Å²) in [7, 11) is 0. The minimum atomic E-state index is -0.296. The van der Waals surface area contributed by atoms with Gasteiger partial charge in [-0.05, 0) is 18.9 Å². The number of H-pyrrole nitrogens is 1. The van der Waals surface area contributed by atoms with Gasteiger partial charge in [0.2, 0.25) is 0 Å². The fourth-order valence-electron chi connectivity index (χ4n) is 1.99. The Morgan fingerprint density at radius 1 is 1.29 bits per heavy atom. The fourth-order valence-corrected chi connectivity index (χ4v) is 1.99. The first-order valence-corrected chi connectivity index (χ1v) is 7.07. The monoisotopic (exact) mass is 289 g/mol. The molecule has 0 aliphatic carbocycles. The van der Waals surface area contributed by atoms with Crippen molar-refractivity contribution in [2.75, 3.05) is 19.8 Å². The minimum Gasteiger partial charge on any atom is -0.381 e. The molecule has 2 rings (SSSR count). The van der Waals surface area contributed by atoms with Gasteiger partial charge in [0.05, 0.1) is 5.39 Å². The molecule has 1 aromatic carbocycles. The van der Waals surface area contributed by atoms with Crippen LogP contribution in [0.1, 0.15) is 30.3 Å². The van der Waals surface area contributed by atoms with Gasteiger partial charge in [-0.1, -0.05) is 25.1 Å². The third-order valence-electron chi connectivity index (χ3n) is 3.01. The Bertz CT molecular complexity index is 667. The van der Waals surface area contributed by atoms with Crippen molar-refractivity contribution in [2.24, 2.45) is 0 Å². The largest absolute Gasteiger partial charge is 0.381 e. The summed E-state index contributed by atoms with van der Waals surface area (Å²) in [5.74, 6) is -0.294. The van der Waals surface area contributed by atoms with Crippen LogP contribution < -0.4 is 10.9 Å². The van der Waals surface area contributed by atoms with E-state index in [4.69, 9.17) is 4.74 Å². The van der Waals surface area contributed by atoms with Crippen molar-refractivity contribution in [3.63, 3.8) is 0 Å². The maximum atomic E-state index is 12.1. The molecule has 0 aliphatic heterocycles. The number of carbonyl (C=O) groups is 1. The van der Waals surface area contributed by atoms with Crippen molar-refractivity contribution in [1.82, 2.24) is 15.5 Å². The fraction of sp³-hybridized carbons (Fsp3) is 0.400. The van der Waals surface area contributed by atoms with E-state index in [1.54, 1.807) is 24.3 Å². The average molecular weight is 289 g/mol. The number of rotatable bonds is 7. The van der Waals surface area contributed by atoms with Crippen molar-refractivity contribution in [2.45, 2.75) is 19.8 Å². The molecule has 2 aromatic rings. The summed E-state index contributed by atoms with van der Waals surface area (Å²) in [6.45, 7) is 3.92. The van der Waals surface area contributed by atoms with Crippen molar-refractivity contribution in [3.05, 3.63) is 40.3 Å². The molecule has 0 saturated carbocycles. The Morgan fingerprint density at radius 3 is 2.81 bits per heavy atom. The Hall–Kier alpha value is -2.21. The van der Waals surface area contributed by atoms with E-state index in [-0.39, 0.29) is 17.2 Å². The quantitative estimate of drug-likeness (QED) is 0.756. The molecule has 21 heavy (non-hydrogen) atoms. The highest BCUT2D eigenvalue weighted by Crippen LogP contribution is 2.11. The Morgan fingerprint density at radius 2 is 2.05 bits per heavy atom. The molecule has 0 unspecified atom stereocenters. The van der Waals surface area contributed by atoms with Crippen molar-refractivity contribution < 1.29 is 9.53 Å². The lowest BCUT2D eigenvalue weighted by atomic mass is 10.1. The summed E-state index contributed by atoms with van der Waals surface area (Å²) in [4.78, 5) is 23.8. The lowest BCUT2D eigenvalue weighted by Crippen LogP contribution is -2.28. The second kappa shape index (κ2) is 7.54. The van der Waals surface area contributed by atoms with E-state index in [0.717, 1.165) is 19.4 Å². The van der Waals surface area contributed by atoms with Crippen LogP contribution in [-0.2, 0) is 4.74 Å². The van der Waals surface area contributed by atoms with Crippen LogP contribution in [0.15, 0.2) is 29.1 Å². The van der Waals surface area contributed by atoms with Crippen LogP contribution in [-0.4, -0.2) is 35.9 Å². The number of aromatic amines is 1. The van der Waals surface area contributed by atoms with Crippen LogP contribution in [0.2, 0.25) is 0 Å². The van der Waals surface area contributed by atoms with Crippen molar-refractivity contribution in [1.29, 1.82) is 0 Å². The van der Waals surface area contributed by atoms with Crippen LogP contribution in [0.5, 0.6) is 0 Å². The van der Waals surface area contributed by atoms with Gasteiger partial charge in [0, 0.05) is 25.1 Å². The van der Waals surface area contributed by atoms with E-state index in [1.165, 1.54) is 0 Å². The number of benzene rings is 1. The first kappa shape index (κ1) is 15.2. The highest BCUT2D eigenvalue weighted by molar-refractivity contribution is 6.04. The van der Waals surface area contributed by atoms with E-state index in [9.17, 15) is 9.59 Å². The molecule has 0 spiro atoms. The lowest BCUT2D eigenvalue weighted by Gasteiger charge is -2.07. The highest BCUT2D eigenvalue weighted by Gasteiger charge is 2.13. The summed E-state index contributed by atoms with van der Waals surface area (Å²) >= 11 is 0. The zero-order valence-electron chi connectivity index (χ0n) is 12.0. The standard InChI is InChI=1S/C15H19N3O3/c1-2-9-21-10-5-8-16-15(20)13-11-6-3-4-7-12(11)14(19)18-17-13/h3-4,6-7H,2,5,8-10H2,1H3,(H,16,20)(H,18,19). The molecule has 6 heteroatoms. The van der Waals surface area contributed by atoms with E-state index < -0.39 is 0 Å². The van der Waals surface area contributed by atoms with Gasteiger partial charge in [0.1, 0.15) is 0 Å². The second-order valence-electron chi connectivity index (χ2n) is 4.67. The molecule has 1 aromatic heterocycles. The smallest absolute Gasteiger partial charge is 0.272 e. The third kappa shape index (κ3) is 3.88. The van der Waals surface area contributed by atoms with Gasteiger partial charge < -0.3 is 10.1 Å². The Kier molecular flexibility index (Phi) is 5.45. The Balaban J connectivity index is 2.00. The summed E-state index contributed by atoms with van der Waals surface area (Å²) < 4.78 is 5.34. The number of aromatic nitrogens is 2. The number of carbonyl (C=O) groups excluding carboxylic acids is 1. The van der Waals surface area contributed by atoms with Crippen LogP contribution in [0, 0.1) is 0 Å². The molecule has 1 heterocycles. The number of nitrogens with one attached hydrogen (secondary N) is 2. The van der Waals surface area contributed by atoms with E-state index in [2.05, 4.69) is 22.4 Å². The SMILES string of the molecule is CCCOCCCNC(=O)c1n[nH]c(=O)c2ccccc12. The summed E-state index contributed by atoms with van der Waals surface area (Å²) in [5.41, 5.74) is -0.0604. The molecule has 2 N–H and O–H groups in total. The molecule has 0 saturated heterocycles. The van der Waals surface area contributed by atoms with E-state index in [0.29, 0.717) is 23.9 Å². The summed E-state index contributed by atoms with van der Waals surface area (Å²) in [6.07, 6.45) is 1.73. The normalized spacial score (nSPS) is 10.7. The van der Waals surface area contributed by atoms with Crippen molar-refractivity contribution >= 4 is 16.7 Å². The molecule has 0 bridgehead atoms. The molecule has 0 radical (unpaired) electrons. The van der Waals surface area contributed by atoms with Gasteiger partial charge in [-0.2, -0.15) is 5.10 Å². The topological polar surface area (TPSA) is 84.1 Å². The zero-order valence-corrected chi connectivity index (χ0v) is 12.0. The average Bonchev–Trinajstić information content (AvgIpc) is 2.51. The first-order chi connectivity index (χ1) is 10.2. The number of fused-ring (bicyclic) bond motifs is 1. The predicted octanol–water partition coefficient (Wildman–Crippen LogP) is 1.47. The number of amides is 1. The van der Waals surface area contributed by atoms with Crippen LogP contribution in [0.25, 0.3) is 10.8 Å². The van der Waals surface area contributed by atoms with Gasteiger partial charge in [0.25, 0.3) is 11.5 Å². The first-order valence-electron chi connectivity index (χ1n) is 7.07. The van der Waals surface area contributed by atoms with E-state index in [1.807, 2.05) is 0 Å². The zero-order chi connectivity index (χ0) is 15.1. The molecule has 112 valence electrons. The minimum absolute atomic E-state index is 0.236. The van der Waals surface area contributed by atoms with Gasteiger partial charge >= 0.3 is 0 Å². The number of ether oxygens (including phenoxy) is 1. The number of hydrogen-bond acceptors (Lipinski definition) is 4. The highest BCUT2D eigenvalue weighted by atomic mass is 16.5. The molecule has 1 amide bonds. The van der Waals surface area contributed by atoms with Gasteiger partial charge in [0.15, 0.2) is 5.69 Å². The maximum absolute atomic E-state index is 12.1. The van der Waals surface area contributed by atoms with Gasteiger partial charge in [-0.25, -0.2) is 5.10 Å². The van der Waals surface area contributed by atoms with Crippen LogP contribution in [0.3, 0.4) is 0 Å². The molecular formula is C15H19N3O3. The predicted molar refractivity (Wildman–Crippen MR) is 80.4 cm³/mol. The second-order valence-corrected chi connectivity index (χ2v) is 4.67. The van der Waals surface area contributed by atoms with Crippen molar-refractivity contribution in [3.8, 4) is 0 Å². The molecule has 0 atom stereocenters. The molecule has 0 aliphatic rings. The molecule has 0 fully saturated rings. The third-order valence-corrected chi connectivity index (χ3v) is 3.01. The Labute approximate surface area is 122 Å². The number of nitrogens with zero attached hydrogens (tertiary/aromatic N) is 1. The maximum Gasteiger partial charge on any atom is 0.272 e. The van der Waals surface area contributed by atoms with Gasteiger partial charge in [-0.15, -0.1) is 0 Å². The number of hydrogen-bond donors (Lipinski definition) is 2. The molecular weight excluding hydrogens is 270 g/mol. The summed E-state index contributed by atoms with van der Waals surface area (Å²) in [5, 5.41) is 10.0. The van der Waals surface area contributed by atoms with Gasteiger partial charge in [-0.3, -0.25) is 9.59 Å². The van der Waals surface area contributed by atoms with Crippen LogP contribution in [0.4, 0.5) is 0 Å². The molecule has 6 nitrogen and oxygen atoms in total. The van der Waals surface area contributed by atoms with Crippen LogP contribution >= 0.6 is 0 Å².